The van der Waals surface area contributed by atoms with Crippen molar-refractivity contribution < 1.29 is 13.2 Å². The van der Waals surface area contributed by atoms with Crippen LogP contribution in [0.2, 0.25) is 0 Å². The van der Waals surface area contributed by atoms with E-state index in [-0.39, 0.29) is 5.91 Å². The first-order chi connectivity index (χ1) is 9.36. The van der Waals surface area contributed by atoms with Gasteiger partial charge in [-0.25, -0.2) is 13.1 Å². The Bertz CT molecular complexity index is 629. The predicted octanol–water partition coefficient (Wildman–Crippen LogP) is 1.11. The molecule has 2 rings (SSSR count). The molecule has 1 atom stereocenters. The molecule has 0 fully saturated rings. The van der Waals surface area contributed by atoms with E-state index >= 15 is 0 Å². The molecule has 1 heterocycles. The highest BCUT2D eigenvalue weighted by molar-refractivity contribution is 7.89. The fraction of sp³-hybridized carbons (Fsp3) is 0.462. The summed E-state index contributed by atoms with van der Waals surface area (Å²) >= 11 is 5.82. The number of carbonyl (C=O) groups is 1. The number of fused-ring (bicyclic) bond motifs is 1. The molecule has 0 saturated carbocycles. The minimum absolute atomic E-state index is 0.126. The summed E-state index contributed by atoms with van der Waals surface area (Å²) in [6.07, 6.45) is 0.516. The van der Waals surface area contributed by atoms with Gasteiger partial charge < -0.3 is 4.90 Å². The van der Waals surface area contributed by atoms with Crippen molar-refractivity contribution in [1.82, 2.24) is 9.62 Å². The molecule has 20 heavy (non-hydrogen) atoms. The highest BCUT2D eigenvalue weighted by Gasteiger charge is 2.27. The lowest BCUT2D eigenvalue weighted by Gasteiger charge is -2.30. The topological polar surface area (TPSA) is 66.5 Å². The van der Waals surface area contributed by atoms with E-state index in [2.05, 4.69) is 4.72 Å². The molecule has 0 bridgehead atoms. The number of nitrogens with one attached hydrogen (secondary N) is 1. The molecule has 0 radical (unpaired) electrons. The molecule has 1 aromatic rings. The van der Waals surface area contributed by atoms with Crippen molar-refractivity contribution in [1.29, 1.82) is 0 Å². The molecule has 7 heteroatoms. The number of hydrogen-bond acceptors (Lipinski definition) is 3. The first-order valence-electron chi connectivity index (χ1n) is 6.34. The summed E-state index contributed by atoms with van der Waals surface area (Å²) in [4.78, 5) is 13.9. The summed E-state index contributed by atoms with van der Waals surface area (Å²) in [6.45, 7) is 2.53. The van der Waals surface area contributed by atoms with Gasteiger partial charge in [0, 0.05) is 13.1 Å². The number of carbonyl (C=O) groups excluding carboxylic acids is 1. The average molecular weight is 317 g/mol. The van der Waals surface area contributed by atoms with Gasteiger partial charge >= 0.3 is 0 Å². The Kier molecular flexibility index (Phi) is 4.36. The first kappa shape index (κ1) is 15.3. The normalized spacial score (nSPS) is 16.6. The fourth-order valence-corrected chi connectivity index (χ4v) is 3.55. The zero-order valence-corrected chi connectivity index (χ0v) is 13.0. The zero-order chi connectivity index (χ0) is 14.9. The third kappa shape index (κ3) is 2.82. The van der Waals surface area contributed by atoms with Crippen molar-refractivity contribution in [2.24, 2.45) is 0 Å². The van der Waals surface area contributed by atoms with Crippen LogP contribution in [0.1, 0.15) is 18.1 Å². The second-order valence-electron chi connectivity index (χ2n) is 4.73. The highest BCUT2D eigenvalue weighted by Crippen LogP contribution is 2.26. The van der Waals surface area contributed by atoms with Crippen LogP contribution < -0.4 is 4.72 Å². The molecule has 0 spiro atoms. The number of nitrogens with zero attached hydrogens (tertiary/aromatic N) is 1. The monoisotopic (exact) mass is 316 g/mol. The molecule has 0 aromatic heterocycles. The molecule has 1 N–H and O–H groups in total. The summed E-state index contributed by atoms with van der Waals surface area (Å²) < 4.78 is 26.3. The Morgan fingerprint density at radius 3 is 2.75 bits per heavy atom. The summed E-state index contributed by atoms with van der Waals surface area (Å²) in [7, 11) is -2.08. The zero-order valence-electron chi connectivity index (χ0n) is 11.4. The minimum atomic E-state index is -3.47. The van der Waals surface area contributed by atoms with Crippen molar-refractivity contribution >= 4 is 27.5 Å². The number of halogens is 1. The lowest BCUT2D eigenvalue weighted by molar-refractivity contribution is -0.131. The van der Waals surface area contributed by atoms with Crippen molar-refractivity contribution in [2.75, 3.05) is 13.6 Å². The summed E-state index contributed by atoms with van der Waals surface area (Å²) in [6, 6.07) is 5.13. The van der Waals surface area contributed by atoms with E-state index in [1.165, 1.54) is 7.05 Å². The molecule has 0 saturated heterocycles. The molecular formula is C13H17ClN2O3S. The molecule has 5 nitrogen and oxygen atoms in total. The van der Waals surface area contributed by atoms with Crippen molar-refractivity contribution in [2.45, 2.75) is 30.2 Å². The van der Waals surface area contributed by atoms with Gasteiger partial charge in [-0.2, -0.15) is 0 Å². The second-order valence-corrected chi connectivity index (χ2v) is 7.24. The Hall–Kier alpha value is -1.11. The van der Waals surface area contributed by atoms with E-state index in [0.717, 1.165) is 11.1 Å². The summed E-state index contributed by atoms with van der Waals surface area (Å²) in [5, 5.41) is -0.569. The number of benzene rings is 1. The van der Waals surface area contributed by atoms with E-state index in [0.29, 0.717) is 24.4 Å². The van der Waals surface area contributed by atoms with Gasteiger partial charge in [0.15, 0.2) is 0 Å². The van der Waals surface area contributed by atoms with Crippen LogP contribution in [0.3, 0.4) is 0 Å². The lowest BCUT2D eigenvalue weighted by Crippen LogP contribution is -2.40. The molecule has 110 valence electrons. The predicted molar refractivity (Wildman–Crippen MR) is 77.1 cm³/mol. The number of rotatable bonds is 3. The Morgan fingerprint density at radius 2 is 2.15 bits per heavy atom. The van der Waals surface area contributed by atoms with Crippen LogP contribution in [0, 0.1) is 0 Å². The van der Waals surface area contributed by atoms with Crippen molar-refractivity contribution in [3.63, 3.8) is 0 Å². The standard InChI is InChI=1S/C13H17ClN2O3S/c1-9(14)13(17)16-7-6-11-10(8-16)4-3-5-12(11)20(18,19)15-2/h3-5,9,15H,6-8H2,1-2H3. The van der Waals surface area contributed by atoms with Crippen LogP contribution in [0.25, 0.3) is 0 Å². The van der Waals surface area contributed by atoms with Crippen molar-refractivity contribution in [3.05, 3.63) is 29.3 Å². The fourth-order valence-electron chi connectivity index (χ4n) is 2.38. The Labute approximate surface area is 124 Å². The van der Waals surface area contributed by atoms with Crippen LogP contribution >= 0.6 is 11.6 Å². The van der Waals surface area contributed by atoms with Gasteiger partial charge in [0.1, 0.15) is 5.38 Å². The Morgan fingerprint density at radius 1 is 1.45 bits per heavy atom. The van der Waals surface area contributed by atoms with Gasteiger partial charge in [-0.05, 0) is 37.6 Å². The molecule has 1 aliphatic rings. The molecule has 1 aliphatic heterocycles. The first-order valence-corrected chi connectivity index (χ1v) is 8.26. The number of sulfonamides is 1. The maximum Gasteiger partial charge on any atom is 0.240 e. The highest BCUT2D eigenvalue weighted by atomic mass is 35.5. The SMILES string of the molecule is CNS(=O)(=O)c1cccc2c1CCN(C(=O)C(C)Cl)C2. The van der Waals surface area contributed by atoms with Gasteiger partial charge in [0.2, 0.25) is 15.9 Å². The quantitative estimate of drug-likeness (QED) is 0.849. The van der Waals surface area contributed by atoms with Gasteiger partial charge in [0.05, 0.1) is 4.90 Å². The molecule has 1 unspecified atom stereocenters. The third-order valence-corrected chi connectivity index (χ3v) is 5.12. The lowest BCUT2D eigenvalue weighted by atomic mass is 9.99. The van der Waals surface area contributed by atoms with Crippen LogP contribution in [0.4, 0.5) is 0 Å². The van der Waals surface area contributed by atoms with Crippen LogP contribution in [0.15, 0.2) is 23.1 Å². The number of hydrogen-bond donors (Lipinski definition) is 1. The molecule has 1 aromatic carbocycles. The third-order valence-electron chi connectivity index (χ3n) is 3.43. The summed E-state index contributed by atoms with van der Waals surface area (Å²) in [5.41, 5.74) is 1.64. The van der Waals surface area contributed by atoms with Gasteiger partial charge in [-0.1, -0.05) is 12.1 Å². The number of amides is 1. The maximum absolute atomic E-state index is 12.0. The van der Waals surface area contributed by atoms with Gasteiger partial charge in [0.25, 0.3) is 0 Å². The second kappa shape index (κ2) is 5.71. The van der Waals surface area contributed by atoms with Gasteiger partial charge in [-0.15, -0.1) is 11.6 Å². The van der Waals surface area contributed by atoms with Crippen LogP contribution in [-0.4, -0.2) is 38.2 Å². The summed E-state index contributed by atoms with van der Waals surface area (Å²) in [5.74, 6) is -0.126. The van der Waals surface area contributed by atoms with E-state index in [9.17, 15) is 13.2 Å². The van der Waals surface area contributed by atoms with Crippen molar-refractivity contribution in [3.8, 4) is 0 Å². The van der Waals surface area contributed by atoms with E-state index < -0.39 is 15.4 Å². The molecule has 0 aliphatic carbocycles. The smallest absolute Gasteiger partial charge is 0.240 e. The van der Waals surface area contributed by atoms with Gasteiger partial charge in [-0.3, -0.25) is 4.79 Å². The van der Waals surface area contributed by atoms with Crippen LogP contribution in [-0.2, 0) is 27.8 Å². The minimum Gasteiger partial charge on any atom is -0.337 e. The largest absolute Gasteiger partial charge is 0.337 e. The van der Waals surface area contributed by atoms with Crippen LogP contribution in [0.5, 0.6) is 0 Å². The van der Waals surface area contributed by atoms with E-state index in [1.54, 1.807) is 24.0 Å². The Balaban J connectivity index is 2.37. The number of alkyl halides is 1. The average Bonchev–Trinajstić information content (AvgIpc) is 2.45. The maximum atomic E-state index is 12.0. The molecule has 1 amide bonds. The van der Waals surface area contributed by atoms with E-state index in [4.69, 9.17) is 11.6 Å². The molecular weight excluding hydrogens is 300 g/mol. The van der Waals surface area contributed by atoms with E-state index in [1.807, 2.05) is 6.07 Å².